The van der Waals surface area contributed by atoms with Crippen molar-refractivity contribution in [1.29, 1.82) is 0 Å². The lowest BCUT2D eigenvalue weighted by Gasteiger charge is -2.11. The van der Waals surface area contributed by atoms with E-state index in [-0.39, 0.29) is 18.0 Å². The highest BCUT2D eigenvalue weighted by Crippen LogP contribution is 1.97. The number of carbonyl (C=O) groups excluding carboxylic acids is 1. The molecular formula is C8H16O3. The summed E-state index contributed by atoms with van der Waals surface area (Å²) in [6.07, 6.45) is -0.0160. The fourth-order valence-electron chi connectivity index (χ4n) is 0.434. The molecule has 0 spiro atoms. The maximum absolute atomic E-state index is 10.9. The van der Waals surface area contributed by atoms with Crippen molar-refractivity contribution < 1.29 is 14.3 Å². The Morgan fingerprint density at radius 2 is 1.91 bits per heavy atom. The summed E-state index contributed by atoms with van der Waals surface area (Å²) >= 11 is 0. The zero-order valence-electron chi connectivity index (χ0n) is 7.59. The van der Waals surface area contributed by atoms with Gasteiger partial charge in [-0.3, -0.25) is 4.79 Å². The third kappa shape index (κ3) is 4.79. The Hall–Kier alpha value is -0.570. The molecule has 0 aliphatic rings. The zero-order valence-corrected chi connectivity index (χ0v) is 7.59. The fourth-order valence-corrected chi connectivity index (χ4v) is 0.434. The van der Waals surface area contributed by atoms with Crippen LogP contribution in [0.1, 0.15) is 20.8 Å². The first-order valence-electron chi connectivity index (χ1n) is 3.77. The van der Waals surface area contributed by atoms with Gasteiger partial charge < -0.3 is 9.47 Å². The first-order valence-corrected chi connectivity index (χ1v) is 3.77. The summed E-state index contributed by atoms with van der Waals surface area (Å²) in [6.45, 7) is 5.81. The molecule has 0 aliphatic heterocycles. The van der Waals surface area contributed by atoms with Crippen molar-refractivity contribution in [3.05, 3.63) is 0 Å². The van der Waals surface area contributed by atoms with E-state index in [2.05, 4.69) is 0 Å². The second-order valence-corrected chi connectivity index (χ2v) is 2.83. The molecule has 0 bridgehead atoms. The number of rotatable bonds is 4. The normalized spacial score (nSPS) is 13.2. The standard InChI is InChI=1S/C8H16O3/c1-6(2)8(9)11-5-7(3)10-4/h6-7H,5H2,1-4H3/t7-/m1/s1. The van der Waals surface area contributed by atoms with Gasteiger partial charge >= 0.3 is 5.97 Å². The highest BCUT2D eigenvalue weighted by Gasteiger charge is 2.09. The summed E-state index contributed by atoms with van der Waals surface area (Å²) in [5.41, 5.74) is 0. The molecule has 0 aliphatic carbocycles. The van der Waals surface area contributed by atoms with Crippen molar-refractivity contribution in [3.63, 3.8) is 0 Å². The molecule has 0 amide bonds. The van der Waals surface area contributed by atoms with E-state index in [9.17, 15) is 4.79 Å². The van der Waals surface area contributed by atoms with E-state index in [1.165, 1.54) is 0 Å². The van der Waals surface area contributed by atoms with Crippen LogP contribution in [0.2, 0.25) is 0 Å². The van der Waals surface area contributed by atoms with E-state index in [1.807, 2.05) is 6.92 Å². The van der Waals surface area contributed by atoms with Crippen LogP contribution in [-0.2, 0) is 14.3 Å². The van der Waals surface area contributed by atoms with Crippen molar-refractivity contribution in [2.24, 2.45) is 5.92 Å². The molecule has 0 heterocycles. The number of methoxy groups -OCH3 is 1. The van der Waals surface area contributed by atoms with Crippen molar-refractivity contribution >= 4 is 5.97 Å². The maximum Gasteiger partial charge on any atom is 0.308 e. The maximum atomic E-state index is 10.9. The van der Waals surface area contributed by atoms with E-state index in [1.54, 1.807) is 21.0 Å². The average molecular weight is 160 g/mol. The van der Waals surface area contributed by atoms with Crippen molar-refractivity contribution in [3.8, 4) is 0 Å². The second-order valence-electron chi connectivity index (χ2n) is 2.83. The minimum absolute atomic E-state index is 0.0160. The molecule has 3 heteroatoms. The minimum atomic E-state index is -0.172. The predicted octanol–water partition coefficient (Wildman–Crippen LogP) is 1.22. The van der Waals surface area contributed by atoms with Gasteiger partial charge in [0.05, 0.1) is 12.0 Å². The topological polar surface area (TPSA) is 35.5 Å². The molecule has 0 aromatic carbocycles. The number of carbonyl (C=O) groups is 1. The van der Waals surface area contributed by atoms with Gasteiger partial charge in [0.25, 0.3) is 0 Å². The first-order chi connectivity index (χ1) is 5.07. The quantitative estimate of drug-likeness (QED) is 0.580. The van der Waals surface area contributed by atoms with Crippen LogP contribution in [0, 0.1) is 5.92 Å². The van der Waals surface area contributed by atoms with Crippen molar-refractivity contribution in [2.75, 3.05) is 13.7 Å². The van der Waals surface area contributed by atoms with E-state index in [0.29, 0.717) is 6.61 Å². The summed E-state index contributed by atoms with van der Waals surface area (Å²) in [5, 5.41) is 0. The Balaban J connectivity index is 3.46. The van der Waals surface area contributed by atoms with Gasteiger partial charge in [0.15, 0.2) is 0 Å². The van der Waals surface area contributed by atoms with Gasteiger partial charge in [-0.25, -0.2) is 0 Å². The van der Waals surface area contributed by atoms with E-state index in [4.69, 9.17) is 9.47 Å². The van der Waals surface area contributed by atoms with Gasteiger partial charge in [-0.1, -0.05) is 13.8 Å². The van der Waals surface area contributed by atoms with Gasteiger partial charge in [-0.15, -0.1) is 0 Å². The Bertz CT molecular complexity index is 121. The Morgan fingerprint density at radius 1 is 1.36 bits per heavy atom. The molecule has 11 heavy (non-hydrogen) atoms. The van der Waals surface area contributed by atoms with Crippen LogP contribution < -0.4 is 0 Å². The first kappa shape index (κ1) is 10.4. The number of hydrogen-bond acceptors (Lipinski definition) is 3. The molecule has 0 rings (SSSR count). The van der Waals surface area contributed by atoms with Gasteiger partial charge in [0.1, 0.15) is 6.61 Å². The minimum Gasteiger partial charge on any atom is -0.463 e. The third-order valence-electron chi connectivity index (χ3n) is 1.33. The second kappa shape index (κ2) is 5.13. The number of esters is 1. The molecule has 0 fully saturated rings. The smallest absolute Gasteiger partial charge is 0.308 e. The lowest BCUT2D eigenvalue weighted by molar-refractivity contribution is -0.150. The van der Waals surface area contributed by atoms with Crippen LogP contribution in [0.15, 0.2) is 0 Å². The third-order valence-corrected chi connectivity index (χ3v) is 1.33. The molecule has 0 radical (unpaired) electrons. The number of ether oxygens (including phenoxy) is 2. The molecule has 0 aromatic heterocycles. The highest BCUT2D eigenvalue weighted by atomic mass is 16.6. The molecule has 0 unspecified atom stereocenters. The summed E-state index contributed by atoms with van der Waals surface area (Å²) in [4.78, 5) is 10.9. The fraction of sp³-hybridized carbons (Fsp3) is 0.875. The molecular weight excluding hydrogens is 144 g/mol. The molecule has 0 N–H and O–H groups in total. The monoisotopic (exact) mass is 160 g/mol. The molecule has 0 saturated carbocycles. The predicted molar refractivity (Wildman–Crippen MR) is 42.3 cm³/mol. The SMILES string of the molecule is CO[C@H](C)COC(=O)C(C)C. The van der Waals surface area contributed by atoms with Crippen LogP contribution >= 0.6 is 0 Å². The van der Waals surface area contributed by atoms with Gasteiger partial charge in [-0.2, -0.15) is 0 Å². The summed E-state index contributed by atoms with van der Waals surface area (Å²) in [5.74, 6) is -0.229. The molecule has 3 nitrogen and oxygen atoms in total. The number of hydrogen-bond donors (Lipinski definition) is 0. The summed E-state index contributed by atoms with van der Waals surface area (Å²) in [7, 11) is 1.59. The summed E-state index contributed by atoms with van der Waals surface area (Å²) in [6, 6.07) is 0. The van der Waals surface area contributed by atoms with Crippen LogP contribution in [0.3, 0.4) is 0 Å². The highest BCUT2D eigenvalue weighted by molar-refractivity contribution is 5.71. The Kier molecular flexibility index (Phi) is 4.86. The summed E-state index contributed by atoms with van der Waals surface area (Å²) < 4.78 is 9.80. The Morgan fingerprint density at radius 3 is 2.27 bits per heavy atom. The molecule has 66 valence electrons. The Labute approximate surface area is 67.7 Å². The van der Waals surface area contributed by atoms with Crippen LogP contribution in [0.5, 0.6) is 0 Å². The molecule has 0 saturated heterocycles. The lowest BCUT2D eigenvalue weighted by atomic mass is 10.2. The average Bonchev–Trinajstić information content (AvgIpc) is 1.99. The van der Waals surface area contributed by atoms with Gasteiger partial charge in [0, 0.05) is 7.11 Å². The van der Waals surface area contributed by atoms with Crippen molar-refractivity contribution in [2.45, 2.75) is 26.9 Å². The van der Waals surface area contributed by atoms with E-state index >= 15 is 0 Å². The molecule has 1 atom stereocenters. The van der Waals surface area contributed by atoms with Crippen LogP contribution in [-0.4, -0.2) is 25.8 Å². The van der Waals surface area contributed by atoms with Crippen LogP contribution in [0.4, 0.5) is 0 Å². The van der Waals surface area contributed by atoms with Crippen molar-refractivity contribution in [1.82, 2.24) is 0 Å². The van der Waals surface area contributed by atoms with E-state index in [0.717, 1.165) is 0 Å². The van der Waals surface area contributed by atoms with Gasteiger partial charge in [0.2, 0.25) is 0 Å². The zero-order chi connectivity index (χ0) is 8.85. The van der Waals surface area contributed by atoms with Gasteiger partial charge in [-0.05, 0) is 6.92 Å². The van der Waals surface area contributed by atoms with E-state index < -0.39 is 0 Å². The van der Waals surface area contributed by atoms with Crippen LogP contribution in [0.25, 0.3) is 0 Å². The lowest BCUT2D eigenvalue weighted by Crippen LogP contribution is -2.20. The molecule has 0 aromatic rings. The largest absolute Gasteiger partial charge is 0.463 e.